The normalized spacial score (nSPS) is 11.5. The predicted octanol–water partition coefficient (Wildman–Crippen LogP) is 1.39. The summed E-state index contributed by atoms with van der Waals surface area (Å²) in [6.07, 6.45) is 4.37. The Labute approximate surface area is 79.9 Å². The first-order valence-corrected chi connectivity index (χ1v) is 6.10. The van der Waals surface area contributed by atoms with Gasteiger partial charge in [0.1, 0.15) is 0 Å². The second-order valence-electron chi connectivity index (χ2n) is 2.54. The molecule has 5 heteroatoms. The van der Waals surface area contributed by atoms with Gasteiger partial charge in [-0.05, 0) is 27.6 Å². The van der Waals surface area contributed by atoms with Crippen LogP contribution >= 0.6 is 15.9 Å². The van der Waals surface area contributed by atoms with Crippen LogP contribution in [-0.2, 0) is 15.6 Å². The molecule has 0 atom stereocenters. The van der Waals surface area contributed by atoms with Crippen LogP contribution in [-0.4, -0.2) is 19.7 Å². The highest BCUT2D eigenvalue weighted by Gasteiger charge is 2.06. The van der Waals surface area contributed by atoms with E-state index in [1.807, 2.05) is 0 Å². The molecular formula is C7H8BrNO2S. The molecular weight excluding hydrogens is 242 g/mol. The van der Waals surface area contributed by atoms with Gasteiger partial charge >= 0.3 is 0 Å². The van der Waals surface area contributed by atoms with Crippen molar-refractivity contribution in [3.8, 4) is 0 Å². The van der Waals surface area contributed by atoms with Crippen LogP contribution in [0.2, 0.25) is 0 Å². The zero-order chi connectivity index (χ0) is 9.19. The Morgan fingerprint density at radius 1 is 1.58 bits per heavy atom. The molecule has 1 aromatic rings. The molecule has 1 aromatic heterocycles. The molecule has 66 valence electrons. The highest BCUT2D eigenvalue weighted by molar-refractivity contribution is 9.10. The lowest BCUT2D eigenvalue weighted by atomic mass is 10.3. The van der Waals surface area contributed by atoms with Crippen molar-refractivity contribution >= 4 is 25.8 Å². The maximum absolute atomic E-state index is 10.9. The second kappa shape index (κ2) is 3.53. The highest BCUT2D eigenvalue weighted by Crippen LogP contribution is 2.16. The van der Waals surface area contributed by atoms with Gasteiger partial charge in [0.25, 0.3) is 0 Å². The molecule has 1 rings (SSSR count). The topological polar surface area (TPSA) is 47.0 Å². The first-order chi connectivity index (χ1) is 5.49. The first-order valence-electron chi connectivity index (χ1n) is 3.25. The molecule has 3 nitrogen and oxygen atoms in total. The van der Waals surface area contributed by atoms with Gasteiger partial charge in [-0.15, -0.1) is 0 Å². The maximum atomic E-state index is 10.9. The molecule has 0 aromatic carbocycles. The van der Waals surface area contributed by atoms with Crippen molar-refractivity contribution < 1.29 is 8.42 Å². The lowest BCUT2D eigenvalue weighted by molar-refractivity contribution is 0.601. The molecule has 0 aliphatic heterocycles. The van der Waals surface area contributed by atoms with Crippen LogP contribution in [0.25, 0.3) is 0 Å². The van der Waals surface area contributed by atoms with E-state index in [-0.39, 0.29) is 5.75 Å². The quantitative estimate of drug-likeness (QED) is 0.796. The maximum Gasteiger partial charge on any atom is 0.151 e. The van der Waals surface area contributed by atoms with E-state index in [9.17, 15) is 8.42 Å². The smallest absolute Gasteiger partial charge is 0.151 e. The van der Waals surface area contributed by atoms with E-state index >= 15 is 0 Å². The highest BCUT2D eigenvalue weighted by atomic mass is 79.9. The minimum Gasteiger partial charge on any atom is -0.264 e. The van der Waals surface area contributed by atoms with Crippen molar-refractivity contribution in [1.29, 1.82) is 0 Å². The van der Waals surface area contributed by atoms with Crippen molar-refractivity contribution in [2.75, 3.05) is 6.26 Å². The standard InChI is InChI=1S/C7H8BrNO2S/c1-12(10,11)5-6-2-3-9-4-7(6)8/h2-4H,5H2,1H3. The molecule has 0 bridgehead atoms. The molecule has 0 amide bonds. The molecule has 1 heterocycles. The monoisotopic (exact) mass is 249 g/mol. The van der Waals surface area contributed by atoms with Gasteiger partial charge in [0.05, 0.1) is 5.75 Å². The fourth-order valence-electron chi connectivity index (χ4n) is 0.804. The molecule has 0 aliphatic carbocycles. The van der Waals surface area contributed by atoms with E-state index in [2.05, 4.69) is 20.9 Å². The average molecular weight is 250 g/mol. The molecule has 0 spiro atoms. The summed E-state index contributed by atoms with van der Waals surface area (Å²) in [7, 11) is -2.96. The van der Waals surface area contributed by atoms with E-state index in [0.29, 0.717) is 0 Å². The molecule has 0 unspecified atom stereocenters. The molecule has 0 radical (unpaired) electrons. The number of aromatic nitrogens is 1. The van der Waals surface area contributed by atoms with E-state index < -0.39 is 9.84 Å². The third-order valence-corrected chi connectivity index (χ3v) is 2.82. The van der Waals surface area contributed by atoms with Crippen molar-refractivity contribution in [2.45, 2.75) is 5.75 Å². The summed E-state index contributed by atoms with van der Waals surface area (Å²) in [6, 6.07) is 1.69. The van der Waals surface area contributed by atoms with Crippen LogP contribution in [0.3, 0.4) is 0 Å². The molecule has 0 saturated heterocycles. The second-order valence-corrected chi connectivity index (χ2v) is 5.53. The third-order valence-electron chi connectivity index (χ3n) is 1.27. The number of hydrogen-bond acceptors (Lipinski definition) is 3. The summed E-state index contributed by atoms with van der Waals surface area (Å²) in [6.45, 7) is 0. The first kappa shape index (κ1) is 9.67. The summed E-state index contributed by atoms with van der Waals surface area (Å²) in [4.78, 5) is 3.83. The van der Waals surface area contributed by atoms with Crippen molar-refractivity contribution in [2.24, 2.45) is 0 Å². The van der Waals surface area contributed by atoms with Gasteiger partial charge in [0, 0.05) is 23.1 Å². The Morgan fingerprint density at radius 2 is 2.25 bits per heavy atom. The number of pyridine rings is 1. The van der Waals surface area contributed by atoms with Crippen LogP contribution in [0.15, 0.2) is 22.9 Å². The molecule has 0 N–H and O–H groups in total. The van der Waals surface area contributed by atoms with Crippen LogP contribution in [0.1, 0.15) is 5.56 Å². The largest absolute Gasteiger partial charge is 0.264 e. The van der Waals surface area contributed by atoms with E-state index in [4.69, 9.17) is 0 Å². The van der Waals surface area contributed by atoms with Gasteiger partial charge in [-0.25, -0.2) is 8.42 Å². The Kier molecular flexibility index (Phi) is 2.85. The Morgan fingerprint density at radius 3 is 2.75 bits per heavy atom. The van der Waals surface area contributed by atoms with E-state index in [0.717, 1.165) is 10.0 Å². The minimum atomic E-state index is -2.96. The number of rotatable bonds is 2. The molecule has 0 saturated carbocycles. The van der Waals surface area contributed by atoms with Gasteiger partial charge < -0.3 is 0 Å². The fourth-order valence-corrected chi connectivity index (χ4v) is 2.20. The van der Waals surface area contributed by atoms with Gasteiger partial charge in [-0.2, -0.15) is 0 Å². The predicted molar refractivity (Wildman–Crippen MR) is 50.5 cm³/mol. The summed E-state index contributed by atoms with van der Waals surface area (Å²) in [5.74, 6) is 0.0517. The Bertz CT molecular complexity index is 375. The summed E-state index contributed by atoms with van der Waals surface area (Å²) < 4.78 is 22.6. The SMILES string of the molecule is CS(=O)(=O)Cc1ccncc1Br. The van der Waals surface area contributed by atoms with Gasteiger partial charge in [-0.3, -0.25) is 4.98 Å². The van der Waals surface area contributed by atoms with E-state index in [1.165, 1.54) is 6.26 Å². The molecule has 0 aliphatic rings. The zero-order valence-corrected chi connectivity index (χ0v) is 8.89. The number of halogens is 1. The molecule has 12 heavy (non-hydrogen) atoms. The van der Waals surface area contributed by atoms with Crippen LogP contribution in [0.4, 0.5) is 0 Å². The summed E-state index contributed by atoms with van der Waals surface area (Å²) >= 11 is 3.22. The van der Waals surface area contributed by atoms with Crippen LogP contribution in [0, 0.1) is 0 Å². The summed E-state index contributed by atoms with van der Waals surface area (Å²) in [5, 5.41) is 0. The van der Waals surface area contributed by atoms with Gasteiger partial charge in [-0.1, -0.05) is 0 Å². The Hall–Kier alpha value is -0.420. The van der Waals surface area contributed by atoms with Crippen LogP contribution in [0.5, 0.6) is 0 Å². The van der Waals surface area contributed by atoms with Crippen molar-refractivity contribution in [3.05, 3.63) is 28.5 Å². The van der Waals surface area contributed by atoms with Crippen molar-refractivity contribution in [1.82, 2.24) is 4.98 Å². The van der Waals surface area contributed by atoms with Gasteiger partial charge in [0.15, 0.2) is 9.84 Å². The van der Waals surface area contributed by atoms with Crippen molar-refractivity contribution in [3.63, 3.8) is 0 Å². The zero-order valence-electron chi connectivity index (χ0n) is 6.49. The molecule has 0 fully saturated rings. The lowest BCUT2D eigenvalue weighted by Crippen LogP contribution is -2.01. The third kappa shape index (κ3) is 2.91. The van der Waals surface area contributed by atoms with Gasteiger partial charge in [0.2, 0.25) is 0 Å². The van der Waals surface area contributed by atoms with Crippen LogP contribution < -0.4 is 0 Å². The number of sulfone groups is 1. The number of nitrogens with zero attached hydrogens (tertiary/aromatic N) is 1. The Balaban J connectivity index is 2.98. The summed E-state index contributed by atoms with van der Waals surface area (Å²) in [5.41, 5.74) is 0.743. The minimum absolute atomic E-state index is 0.0517. The average Bonchev–Trinajstić information content (AvgIpc) is 1.91. The number of hydrogen-bond donors (Lipinski definition) is 0. The fraction of sp³-hybridized carbons (Fsp3) is 0.286. The lowest BCUT2D eigenvalue weighted by Gasteiger charge is -2.00. The van der Waals surface area contributed by atoms with E-state index in [1.54, 1.807) is 18.5 Å².